The van der Waals surface area contributed by atoms with Gasteiger partial charge in [-0.25, -0.2) is 0 Å². The number of rotatable bonds is 7. The summed E-state index contributed by atoms with van der Waals surface area (Å²) >= 11 is 5.32. The fraction of sp³-hybridized carbons (Fsp3) is 0.265. The second kappa shape index (κ2) is 14.2. The minimum Gasteiger partial charge on any atom is -0.488 e. The normalized spacial score (nSPS) is 18.1. The van der Waals surface area contributed by atoms with Crippen LogP contribution in [0.2, 0.25) is 0 Å². The molecule has 0 spiro atoms. The number of halogens is 11. The average Bonchev–Trinajstić information content (AvgIpc) is 3.58. The van der Waals surface area contributed by atoms with Crippen LogP contribution >= 0.6 is 11.6 Å². The van der Waals surface area contributed by atoms with Crippen LogP contribution < -0.4 is 33.3 Å². The lowest BCUT2D eigenvalue weighted by atomic mass is 9.98. The second-order valence-electron chi connectivity index (χ2n) is 11.5. The van der Waals surface area contributed by atoms with Crippen molar-refractivity contribution < 1.29 is 82.2 Å². The molecule has 0 radical (unpaired) electrons. The van der Waals surface area contributed by atoms with Gasteiger partial charge in [-0.05, 0) is 59.7 Å². The van der Waals surface area contributed by atoms with E-state index >= 15 is 0 Å². The molecule has 0 saturated carbocycles. The van der Waals surface area contributed by atoms with E-state index in [1.54, 1.807) is 0 Å². The van der Waals surface area contributed by atoms with Crippen LogP contribution in [0.25, 0.3) is 11.1 Å². The van der Waals surface area contributed by atoms with Crippen molar-refractivity contribution in [3.63, 3.8) is 0 Å². The van der Waals surface area contributed by atoms with Crippen LogP contribution in [0.3, 0.4) is 0 Å². The molecule has 288 valence electrons. The van der Waals surface area contributed by atoms with Gasteiger partial charge in [-0.15, -0.1) is 42.3 Å². The number of aliphatic hydroxyl groups is 1. The number of hydrogen-bond donors (Lipinski definition) is 1. The summed E-state index contributed by atoms with van der Waals surface area (Å²) in [7, 11) is 0. The third-order valence-corrected chi connectivity index (χ3v) is 8.09. The molecule has 2 unspecified atom stereocenters. The maximum absolute atomic E-state index is 13.5. The van der Waals surface area contributed by atoms with E-state index in [-0.39, 0.29) is 75.0 Å². The number of nitrogens with zero attached hydrogens (tertiary/aromatic N) is 1. The standard InChI is InChI=1S/C25H17F8NO5.C9H5ClF2O3/c26-23(27,28)21(35)11-34-17-6-2-5-16(13-3-1-4-15(9-13)37-24(29,30)31)22(17)36-12-18(34)14-7-8-19-20(10-14)39-25(32,33)38-19;10-4-6(13)5-1-2-7-8(3-5)15-9(11,12)14-7/h1-10,18,21,35H,11-12H2;1-3H,4H2. The van der Waals surface area contributed by atoms with E-state index < -0.39 is 49.6 Å². The molecule has 4 aromatic carbocycles. The van der Waals surface area contributed by atoms with E-state index in [2.05, 4.69) is 23.7 Å². The summed E-state index contributed by atoms with van der Waals surface area (Å²) in [5.41, 5.74) is 0.979. The molecule has 3 aliphatic rings. The lowest BCUT2D eigenvalue weighted by Gasteiger charge is -2.40. The number of benzene rings is 4. The summed E-state index contributed by atoms with van der Waals surface area (Å²) in [6, 6.07) is 15.7. The van der Waals surface area contributed by atoms with Crippen molar-refractivity contribution in [2.45, 2.75) is 37.3 Å². The van der Waals surface area contributed by atoms with Crippen molar-refractivity contribution in [1.29, 1.82) is 0 Å². The summed E-state index contributed by atoms with van der Waals surface area (Å²) in [6.45, 7) is -1.26. The Bertz CT molecular complexity index is 2040. The number of hydrogen-bond acceptors (Lipinski definition) is 9. The second-order valence-corrected chi connectivity index (χ2v) is 11.8. The molecule has 4 aromatic rings. The Labute approximate surface area is 302 Å². The fourth-order valence-corrected chi connectivity index (χ4v) is 5.73. The maximum atomic E-state index is 13.5. The van der Waals surface area contributed by atoms with Crippen LogP contribution in [0.15, 0.2) is 78.9 Å². The first kappa shape index (κ1) is 38.4. The highest BCUT2D eigenvalue weighted by molar-refractivity contribution is 6.30. The summed E-state index contributed by atoms with van der Waals surface area (Å²) in [5.74, 6) is -1.91. The molecule has 0 saturated heterocycles. The fourth-order valence-electron chi connectivity index (χ4n) is 5.57. The maximum Gasteiger partial charge on any atom is 0.586 e. The number of alkyl halides is 11. The van der Waals surface area contributed by atoms with Gasteiger partial charge in [0.15, 0.2) is 40.6 Å². The van der Waals surface area contributed by atoms with E-state index in [1.165, 1.54) is 71.6 Å². The molecule has 2 atom stereocenters. The first-order valence-corrected chi connectivity index (χ1v) is 15.8. The van der Waals surface area contributed by atoms with Crippen LogP contribution in [0.4, 0.5) is 49.6 Å². The van der Waals surface area contributed by atoms with Gasteiger partial charge in [-0.2, -0.15) is 13.2 Å². The van der Waals surface area contributed by atoms with Crippen molar-refractivity contribution in [3.8, 4) is 45.6 Å². The highest BCUT2D eigenvalue weighted by Crippen LogP contribution is 2.49. The summed E-state index contributed by atoms with van der Waals surface area (Å²) in [5, 5.41) is 9.91. The highest BCUT2D eigenvalue weighted by atomic mass is 35.5. The molecule has 3 aliphatic heterocycles. The minimum atomic E-state index is -4.99. The Morgan fingerprint density at radius 2 is 1.44 bits per heavy atom. The molecule has 0 aromatic heterocycles. The van der Waals surface area contributed by atoms with Gasteiger partial charge >= 0.3 is 25.1 Å². The third kappa shape index (κ3) is 8.57. The lowest BCUT2D eigenvalue weighted by Crippen LogP contribution is -2.46. The SMILES string of the molecule is O=C(CCl)c1ccc2c(c1)OC(F)(F)O2.OC(CN1c2cccc(-c3cccc(OC(F)(F)F)c3)c2OCC1c1ccc2c(c1)OC(F)(F)O2)C(F)(F)F. The number of aliphatic hydroxyl groups excluding tert-OH is 1. The smallest absolute Gasteiger partial charge is 0.488 e. The van der Waals surface area contributed by atoms with Crippen molar-refractivity contribution in [1.82, 2.24) is 0 Å². The Balaban J connectivity index is 0.000000276. The van der Waals surface area contributed by atoms with E-state index in [0.29, 0.717) is 0 Å². The lowest BCUT2D eigenvalue weighted by molar-refractivity contribution is -0.287. The van der Waals surface area contributed by atoms with Crippen molar-refractivity contribution in [2.24, 2.45) is 0 Å². The number of carbonyl (C=O) groups excluding carboxylic acids is 1. The topological polar surface area (TPSA) is 95.9 Å². The van der Waals surface area contributed by atoms with Crippen LogP contribution in [-0.2, 0) is 0 Å². The molecule has 20 heteroatoms. The van der Waals surface area contributed by atoms with Gasteiger partial charge < -0.3 is 38.4 Å². The summed E-state index contributed by atoms with van der Waals surface area (Å²) < 4.78 is 157. The number of para-hydroxylation sites is 1. The monoisotopic (exact) mass is 797 g/mol. The molecular formula is C34H22ClF10NO8. The summed E-state index contributed by atoms with van der Waals surface area (Å²) in [6.07, 6.45) is -20.3. The van der Waals surface area contributed by atoms with E-state index in [9.17, 15) is 53.8 Å². The van der Waals surface area contributed by atoms with Gasteiger partial charge in [0.05, 0.1) is 24.2 Å². The number of Topliss-reactive ketones (excluding diaryl/α,β-unsaturated/α-hetero) is 1. The van der Waals surface area contributed by atoms with Gasteiger partial charge in [-0.3, -0.25) is 4.79 Å². The van der Waals surface area contributed by atoms with Crippen molar-refractivity contribution in [2.75, 3.05) is 23.9 Å². The Kier molecular flexibility index (Phi) is 10.1. The highest BCUT2D eigenvalue weighted by Gasteiger charge is 2.46. The predicted molar refractivity (Wildman–Crippen MR) is 167 cm³/mol. The number of ketones is 1. The zero-order valence-corrected chi connectivity index (χ0v) is 27.4. The van der Waals surface area contributed by atoms with E-state index in [1.807, 2.05) is 0 Å². The van der Waals surface area contributed by atoms with Crippen LogP contribution in [0.5, 0.6) is 34.5 Å². The molecule has 7 rings (SSSR count). The van der Waals surface area contributed by atoms with E-state index in [4.69, 9.17) is 16.3 Å². The molecular weight excluding hydrogens is 776 g/mol. The Morgan fingerprint density at radius 1 is 0.833 bits per heavy atom. The number of ether oxygens (including phenoxy) is 6. The number of carbonyl (C=O) groups is 1. The quantitative estimate of drug-likeness (QED) is 0.112. The molecule has 54 heavy (non-hydrogen) atoms. The molecule has 0 amide bonds. The molecule has 0 aliphatic carbocycles. The summed E-state index contributed by atoms with van der Waals surface area (Å²) in [4.78, 5) is 12.3. The molecule has 9 nitrogen and oxygen atoms in total. The number of anilines is 1. The van der Waals surface area contributed by atoms with Crippen LogP contribution in [0, 0.1) is 0 Å². The molecule has 1 N–H and O–H groups in total. The van der Waals surface area contributed by atoms with Gasteiger partial charge in [0, 0.05) is 11.1 Å². The van der Waals surface area contributed by atoms with Crippen molar-refractivity contribution >= 4 is 23.1 Å². The Morgan fingerprint density at radius 3 is 2.07 bits per heavy atom. The van der Waals surface area contributed by atoms with Gasteiger partial charge in [0.1, 0.15) is 12.4 Å². The average molecular weight is 798 g/mol. The Hall–Kier alpha value is -5.30. The molecule has 0 fully saturated rings. The zero-order chi connectivity index (χ0) is 39.2. The molecule has 0 bridgehead atoms. The van der Waals surface area contributed by atoms with E-state index in [0.717, 1.165) is 12.1 Å². The van der Waals surface area contributed by atoms with Crippen molar-refractivity contribution in [3.05, 3.63) is 90.0 Å². The third-order valence-electron chi connectivity index (χ3n) is 7.85. The van der Waals surface area contributed by atoms with Crippen LogP contribution in [0.1, 0.15) is 22.0 Å². The zero-order valence-electron chi connectivity index (χ0n) is 26.7. The van der Waals surface area contributed by atoms with Gasteiger partial charge in [0.25, 0.3) is 0 Å². The van der Waals surface area contributed by atoms with Gasteiger partial charge in [-0.1, -0.05) is 30.3 Å². The first-order chi connectivity index (χ1) is 25.2. The first-order valence-electron chi connectivity index (χ1n) is 15.2. The van der Waals surface area contributed by atoms with Crippen LogP contribution in [-0.4, -0.2) is 61.2 Å². The number of fused-ring (bicyclic) bond motifs is 3. The number of β-amino-alcohol motifs (C(OH)–C–C–N with tert-alkyl or cyclic N) is 1. The molecule has 3 heterocycles. The largest absolute Gasteiger partial charge is 0.586 e. The van der Waals surface area contributed by atoms with Gasteiger partial charge in [0.2, 0.25) is 0 Å². The predicted octanol–water partition coefficient (Wildman–Crippen LogP) is 8.87. The minimum absolute atomic E-state index is 0.0413.